The highest BCUT2D eigenvalue weighted by molar-refractivity contribution is 7.99. The Labute approximate surface area is 106 Å². The van der Waals surface area contributed by atoms with Gasteiger partial charge in [0.15, 0.2) is 0 Å². The number of hydrogen-bond donors (Lipinski definition) is 1. The third kappa shape index (κ3) is 5.07. The minimum atomic E-state index is 0.376. The lowest BCUT2D eigenvalue weighted by atomic mass is 9.84. The number of thioether (sulfide) groups is 1. The highest BCUT2D eigenvalue weighted by Crippen LogP contribution is 2.22. The van der Waals surface area contributed by atoms with E-state index in [2.05, 4.69) is 49.7 Å². The number of nitrogens with one attached hydrogen (secondary N) is 1. The van der Waals surface area contributed by atoms with Crippen molar-refractivity contribution in [3.05, 3.63) is 0 Å². The molecule has 0 spiro atoms. The molecule has 1 unspecified atom stereocenters. The third-order valence-electron chi connectivity index (χ3n) is 3.33. The van der Waals surface area contributed by atoms with E-state index >= 15 is 0 Å². The van der Waals surface area contributed by atoms with Gasteiger partial charge in [-0.3, -0.25) is 0 Å². The predicted molar refractivity (Wildman–Crippen MR) is 75.3 cm³/mol. The van der Waals surface area contributed by atoms with Gasteiger partial charge in [0.25, 0.3) is 0 Å². The smallest absolute Gasteiger partial charge is 0.0128 e. The number of hydrogen-bond acceptors (Lipinski definition) is 3. The Morgan fingerprint density at radius 2 is 1.88 bits per heavy atom. The first-order valence-electron chi connectivity index (χ1n) is 6.57. The van der Waals surface area contributed by atoms with Crippen LogP contribution in [0.4, 0.5) is 0 Å². The van der Waals surface area contributed by atoms with Crippen LogP contribution in [0.5, 0.6) is 0 Å². The van der Waals surface area contributed by atoms with Crippen LogP contribution in [-0.4, -0.2) is 48.6 Å². The molecule has 1 rings (SSSR count). The standard InChI is InChI=1S/C13H28N2S/c1-5-14-12(13(2,3)4)6-7-15-8-10-16-11-9-15/h12,14H,5-11H2,1-4H3. The molecule has 1 heterocycles. The highest BCUT2D eigenvalue weighted by atomic mass is 32.2. The van der Waals surface area contributed by atoms with Gasteiger partial charge < -0.3 is 10.2 Å². The van der Waals surface area contributed by atoms with Gasteiger partial charge in [0.1, 0.15) is 0 Å². The summed E-state index contributed by atoms with van der Waals surface area (Å²) >= 11 is 2.09. The van der Waals surface area contributed by atoms with Crippen LogP contribution in [0, 0.1) is 5.41 Å². The van der Waals surface area contributed by atoms with Gasteiger partial charge in [0.2, 0.25) is 0 Å². The molecule has 3 heteroatoms. The van der Waals surface area contributed by atoms with E-state index in [0.29, 0.717) is 11.5 Å². The second-order valence-corrected chi connectivity index (χ2v) is 6.94. The van der Waals surface area contributed by atoms with E-state index in [1.807, 2.05) is 0 Å². The summed E-state index contributed by atoms with van der Waals surface area (Å²) in [6.07, 6.45) is 1.28. The average Bonchev–Trinajstić information content (AvgIpc) is 2.24. The molecule has 1 aliphatic heterocycles. The van der Waals surface area contributed by atoms with E-state index in [9.17, 15) is 0 Å². The molecule has 96 valence electrons. The second kappa shape index (κ2) is 6.87. The van der Waals surface area contributed by atoms with Crippen LogP contribution >= 0.6 is 11.8 Å². The summed E-state index contributed by atoms with van der Waals surface area (Å²) in [7, 11) is 0. The number of nitrogens with zero attached hydrogens (tertiary/aromatic N) is 1. The molecule has 2 nitrogen and oxygen atoms in total. The van der Waals surface area contributed by atoms with Crippen molar-refractivity contribution in [2.24, 2.45) is 5.41 Å². The lowest BCUT2D eigenvalue weighted by Gasteiger charge is -2.34. The van der Waals surface area contributed by atoms with Crippen molar-refractivity contribution >= 4 is 11.8 Å². The summed E-state index contributed by atoms with van der Waals surface area (Å²) in [5.41, 5.74) is 0.376. The van der Waals surface area contributed by atoms with Crippen molar-refractivity contribution in [2.45, 2.75) is 40.2 Å². The minimum absolute atomic E-state index is 0.376. The zero-order chi connectivity index (χ0) is 12.0. The first-order valence-corrected chi connectivity index (χ1v) is 7.73. The fourth-order valence-corrected chi connectivity index (χ4v) is 3.20. The van der Waals surface area contributed by atoms with Gasteiger partial charge in [-0.15, -0.1) is 0 Å². The monoisotopic (exact) mass is 244 g/mol. The van der Waals surface area contributed by atoms with Crippen molar-refractivity contribution in [1.29, 1.82) is 0 Å². The molecule has 0 aromatic carbocycles. The molecule has 0 aliphatic carbocycles. The van der Waals surface area contributed by atoms with Gasteiger partial charge >= 0.3 is 0 Å². The molecule has 16 heavy (non-hydrogen) atoms. The normalized spacial score (nSPS) is 21.0. The summed E-state index contributed by atoms with van der Waals surface area (Å²) < 4.78 is 0. The van der Waals surface area contributed by atoms with E-state index in [1.54, 1.807) is 0 Å². The summed E-state index contributed by atoms with van der Waals surface area (Å²) in [6, 6.07) is 0.645. The molecule has 1 aliphatic rings. The van der Waals surface area contributed by atoms with E-state index in [4.69, 9.17) is 0 Å². The topological polar surface area (TPSA) is 15.3 Å². The van der Waals surface area contributed by atoms with Gasteiger partial charge in [-0.05, 0) is 24.9 Å². The van der Waals surface area contributed by atoms with Gasteiger partial charge in [0, 0.05) is 30.6 Å². The molecular formula is C13H28N2S. The molecule has 0 amide bonds. The highest BCUT2D eigenvalue weighted by Gasteiger charge is 2.24. The van der Waals surface area contributed by atoms with Gasteiger partial charge in [-0.1, -0.05) is 27.7 Å². The molecule has 0 aromatic rings. The molecule has 0 bridgehead atoms. The van der Waals surface area contributed by atoms with Crippen molar-refractivity contribution in [2.75, 3.05) is 37.7 Å². The Morgan fingerprint density at radius 1 is 1.25 bits per heavy atom. The molecule has 0 radical (unpaired) electrons. The SMILES string of the molecule is CCNC(CCN1CCSCC1)C(C)(C)C. The van der Waals surface area contributed by atoms with Crippen LogP contribution in [0.1, 0.15) is 34.1 Å². The Balaban J connectivity index is 2.31. The Hall–Kier alpha value is 0.270. The Kier molecular flexibility index (Phi) is 6.16. The maximum absolute atomic E-state index is 3.63. The summed E-state index contributed by atoms with van der Waals surface area (Å²) in [4.78, 5) is 2.62. The van der Waals surface area contributed by atoms with E-state index < -0.39 is 0 Å². The van der Waals surface area contributed by atoms with Gasteiger partial charge in [0.05, 0.1) is 0 Å². The van der Waals surface area contributed by atoms with Gasteiger partial charge in [-0.2, -0.15) is 11.8 Å². The summed E-state index contributed by atoms with van der Waals surface area (Å²) in [6.45, 7) is 14.1. The summed E-state index contributed by atoms with van der Waals surface area (Å²) in [5.74, 6) is 2.64. The van der Waals surface area contributed by atoms with Gasteiger partial charge in [-0.25, -0.2) is 0 Å². The zero-order valence-electron chi connectivity index (χ0n) is 11.4. The third-order valence-corrected chi connectivity index (χ3v) is 4.28. The van der Waals surface area contributed by atoms with Crippen LogP contribution < -0.4 is 5.32 Å². The van der Waals surface area contributed by atoms with Crippen LogP contribution in [0.25, 0.3) is 0 Å². The van der Waals surface area contributed by atoms with E-state index in [-0.39, 0.29) is 0 Å². The molecule has 1 N–H and O–H groups in total. The minimum Gasteiger partial charge on any atom is -0.314 e. The second-order valence-electron chi connectivity index (χ2n) is 5.72. The number of rotatable bonds is 5. The van der Waals surface area contributed by atoms with Crippen LogP contribution in [-0.2, 0) is 0 Å². The lowest BCUT2D eigenvalue weighted by molar-refractivity contribution is 0.214. The lowest BCUT2D eigenvalue weighted by Crippen LogP contribution is -2.44. The maximum Gasteiger partial charge on any atom is 0.0128 e. The maximum atomic E-state index is 3.63. The van der Waals surface area contributed by atoms with Crippen molar-refractivity contribution in [3.63, 3.8) is 0 Å². The van der Waals surface area contributed by atoms with Crippen molar-refractivity contribution < 1.29 is 0 Å². The van der Waals surface area contributed by atoms with Crippen LogP contribution in [0.15, 0.2) is 0 Å². The molecule has 1 saturated heterocycles. The molecule has 1 fully saturated rings. The van der Waals surface area contributed by atoms with E-state index in [1.165, 1.54) is 37.6 Å². The Bertz CT molecular complexity index is 183. The fraction of sp³-hybridized carbons (Fsp3) is 1.00. The average molecular weight is 244 g/mol. The molecule has 0 aromatic heterocycles. The largest absolute Gasteiger partial charge is 0.314 e. The zero-order valence-corrected chi connectivity index (χ0v) is 12.2. The van der Waals surface area contributed by atoms with Crippen molar-refractivity contribution in [1.82, 2.24) is 10.2 Å². The quantitative estimate of drug-likeness (QED) is 0.800. The summed E-state index contributed by atoms with van der Waals surface area (Å²) in [5, 5.41) is 3.63. The van der Waals surface area contributed by atoms with Crippen LogP contribution in [0.2, 0.25) is 0 Å². The molecule has 0 saturated carbocycles. The van der Waals surface area contributed by atoms with Crippen LogP contribution in [0.3, 0.4) is 0 Å². The predicted octanol–water partition coefficient (Wildman–Crippen LogP) is 2.45. The molecule has 1 atom stereocenters. The van der Waals surface area contributed by atoms with E-state index in [0.717, 1.165) is 6.54 Å². The fourth-order valence-electron chi connectivity index (χ4n) is 2.22. The van der Waals surface area contributed by atoms with Crippen molar-refractivity contribution in [3.8, 4) is 0 Å². The first kappa shape index (κ1) is 14.3. The molecular weight excluding hydrogens is 216 g/mol. The Morgan fingerprint density at radius 3 is 2.38 bits per heavy atom. The first-order chi connectivity index (χ1) is 7.54.